The summed E-state index contributed by atoms with van der Waals surface area (Å²) in [5.74, 6) is -0.247. The fraction of sp³-hybridized carbons (Fsp3) is 0.706. The van der Waals surface area contributed by atoms with E-state index in [-0.39, 0.29) is 17.9 Å². The monoisotopic (exact) mass is 335 g/mol. The number of hydrogen-bond acceptors (Lipinski definition) is 6. The number of nitrogens with one attached hydrogen (secondary N) is 1. The molecule has 1 unspecified atom stereocenters. The van der Waals surface area contributed by atoms with Gasteiger partial charge in [0.2, 0.25) is 0 Å². The predicted octanol–water partition coefficient (Wildman–Crippen LogP) is 3.44. The highest BCUT2D eigenvalue weighted by atomic mass is 32.1. The Morgan fingerprint density at radius 1 is 1.61 bits per heavy atom. The molecule has 1 aromatic heterocycles. The molecule has 2 rings (SSSR count). The first-order chi connectivity index (χ1) is 10.7. The molecule has 0 radical (unpaired) electrons. The molecule has 1 saturated heterocycles. The first-order valence-corrected chi connectivity index (χ1v) is 8.90. The molecule has 0 aromatic carbocycles. The van der Waals surface area contributed by atoms with Crippen LogP contribution >= 0.6 is 11.3 Å². The molecule has 1 aromatic rings. The van der Waals surface area contributed by atoms with E-state index in [0.29, 0.717) is 18.8 Å². The van der Waals surface area contributed by atoms with Gasteiger partial charge in [-0.1, -0.05) is 13.8 Å². The molecule has 1 aliphatic rings. The minimum atomic E-state index is -0.823. The first kappa shape index (κ1) is 17.9. The number of carbonyl (C=O) groups excluding carboxylic acids is 1. The van der Waals surface area contributed by atoms with Crippen molar-refractivity contribution in [3.8, 4) is 6.07 Å². The van der Waals surface area contributed by atoms with Crippen LogP contribution in [0.2, 0.25) is 0 Å². The molecule has 2 heterocycles. The van der Waals surface area contributed by atoms with Crippen LogP contribution in [0, 0.1) is 23.2 Å². The Morgan fingerprint density at radius 2 is 2.30 bits per heavy atom. The zero-order chi connectivity index (χ0) is 17.3. The van der Waals surface area contributed by atoms with Gasteiger partial charge >= 0.3 is 5.97 Å². The van der Waals surface area contributed by atoms with Crippen molar-refractivity contribution in [1.82, 2.24) is 10.3 Å². The van der Waals surface area contributed by atoms with Crippen molar-refractivity contribution in [3.63, 3.8) is 0 Å². The number of nitriles is 1. The van der Waals surface area contributed by atoms with Crippen LogP contribution in [-0.2, 0) is 9.53 Å². The molecule has 0 aliphatic carbocycles. The van der Waals surface area contributed by atoms with Gasteiger partial charge in [0.1, 0.15) is 11.1 Å². The Balaban J connectivity index is 2.32. The zero-order valence-corrected chi connectivity index (χ0v) is 15.2. The molecule has 3 atom stereocenters. The van der Waals surface area contributed by atoms with E-state index in [1.807, 2.05) is 26.2 Å². The Hall–Kier alpha value is -1.45. The van der Waals surface area contributed by atoms with E-state index >= 15 is 0 Å². The molecule has 0 amide bonds. The van der Waals surface area contributed by atoms with Gasteiger partial charge in [-0.15, -0.1) is 11.3 Å². The summed E-state index contributed by atoms with van der Waals surface area (Å²) in [6.45, 7) is 9.74. The van der Waals surface area contributed by atoms with E-state index in [4.69, 9.17) is 4.74 Å². The van der Waals surface area contributed by atoms with E-state index in [1.165, 1.54) is 11.3 Å². The number of esters is 1. The molecule has 0 bridgehead atoms. The fourth-order valence-corrected chi connectivity index (χ4v) is 3.76. The van der Waals surface area contributed by atoms with E-state index in [2.05, 4.69) is 30.2 Å². The van der Waals surface area contributed by atoms with Crippen LogP contribution in [0.1, 0.15) is 59.2 Å². The molecule has 6 heteroatoms. The van der Waals surface area contributed by atoms with Crippen molar-refractivity contribution >= 4 is 17.3 Å². The number of nitrogens with zero attached hydrogens (tertiary/aromatic N) is 2. The van der Waals surface area contributed by atoms with Crippen LogP contribution in [0.3, 0.4) is 0 Å². The normalized spacial score (nSPS) is 27.9. The van der Waals surface area contributed by atoms with Crippen molar-refractivity contribution in [2.45, 2.75) is 64.6 Å². The number of ether oxygens (including phenoxy) is 1. The largest absolute Gasteiger partial charge is 0.459 e. The summed E-state index contributed by atoms with van der Waals surface area (Å²) in [5.41, 5.74) is 1.21. The standard InChI is InChI=1S/C17H25N3O2S/c1-11(2)6-17(15(21)22-16(3,4)5)7-12(8-18)14(20-17)13-9-23-10-19-13/h9-12,14,20H,6-7H2,1-5H3/t12-,14+,17?/m0/s1. The predicted molar refractivity (Wildman–Crippen MR) is 89.7 cm³/mol. The van der Waals surface area contributed by atoms with Crippen molar-refractivity contribution in [1.29, 1.82) is 5.26 Å². The van der Waals surface area contributed by atoms with Gasteiger partial charge in [0, 0.05) is 5.38 Å². The Morgan fingerprint density at radius 3 is 2.78 bits per heavy atom. The maximum atomic E-state index is 12.9. The van der Waals surface area contributed by atoms with Crippen LogP contribution in [0.25, 0.3) is 0 Å². The van der Waals surface area contributed by atoms with Gasteiger partial charge in [-0.3, -0.25) is 10.1 Å². The second-order valence-electron chi connectivity index (χ2n) is 7.66. The van der Waals surface area contributed by atoms with Crippen LogP contribution in [-0.4, -0.2) is 22.1 Å². The van der Waals surface area contributed by atoms with Crippen LogP contribution in [0.4, 0.5) is 0 Å². The number of aromatic nitrogens is 1. The molecule has 0 spiro atoms. The van der Waals surface area contributed by atoms with Gasteiger partial charge < -0.3 is 4.74 Å². The van der Waals surface area contributed by atoms with Crippen molar-refractivity contribution in [2.75, 3.05) is 0 Å². The molecule has 5 nitrogen and oxygen atoms in total. The fourth-order valence-electron chi connectivity index (χ4n) is 3.17. The highest BCUT2D eigenvalue weighted by Gasteiger charge is 2.52. The van der Waals surface area contributed by atoms with Gasteiger partial charge in [0.05, 0.1) is 29.2 Å². The lowest BCUT2D eigenvalue weighted by Gasteiger charge is -2.33. The van der Waals surface area contributed by atoms with Crippen molar-refractivity contribution < 1.29 is 9.53 Å². The number of rotatable bonds is 4. The van der Waals surface area contributed by atoms with E-state index in [0.717, 1.165) is 5.69 Å². The second-order valence-corrected chi connectivity index (χ2v) is 8.38. The summed E-state index contributed by atoms with van der Waals surface area (Å²) in [6.07, 6.45) is 1.10. The highest BCUT2D eigenvalue weighted by molar-refractivity contribution is 7.07. The summed E-state index contributed by atoms with van der Waals surface area (Å²) >= 11 is 1.49. The molecular formula is C17H25N3O2S. The van der Waals surface area contributed by atoms with Crippen LogP contribution in [0.15, 0.2) is 10.9 Å². The SMILES string of the molecule is CC(C)CC1(C(=O)OC(C)(C)C)C[C@@H](C#N)[C@H](c2cscn2)N1. The average molecular weight is 335 g/mol. The summed E-state index contributed by atoms with van der Waals surface area (Å²) in [5, 5.41) is 14.9. The first-order valence-electron chi connectivity index (χ1n) is 7.96. The minimum absolute atomic E-state index is 0.225. The zero-order valence-electron chi connectivity index (χ0n) is 14.4. The van der Waals surface area contributed by atoms with E-state index in [9.17, 15) is 10.1 Å². The van der Waals surface area contributed by atoms with Gasteiger partial charge in [-0.05, 0) is 39.5 Å². The van der Waals surface area contributed by atoms with Crippen molar-refractivity contribution in [2.24, 2.45) is 11.8 Å². The highest BCUT2D eigenvalue weighted by Crippen LogP contribution is 2.42. The lowest BCUT2D eigenvalue weighted by molar-refractivity contribution is -0.163. The summed E-state index contributed by atoms with van der Waals surface area (Å²) in [4.78, 5) is 17.2. The maximum Gasteiger partial charge on any atom is 0.326 e. The molecule has 1 fully saturated rings. The lowest BCUT2D eigenvalue weighted by Crippen LogP contribution is -2.52. The van der Waals surface area contributed by atoms with Gasteiger partial charge in [0.25, 0.3) is 0 Å². The van der Waals surface area contributed by atoms with E-state index < -0.39 is 11.1 Å². The van der Waals surface area contributed by atoms with Crippen molar-refractivity contribution in [3.05, 3.63) is 16.6 Å². The Labute approximate surface area is 142 Å². The second kappa shape index (κ2) is 6.58. The Kier molecular flexibility index (Phi) is 5.12. The van der Waals surface area contributed by atoms with E-state index in [1.54, 1.807) is 5.51 Å². The number of thiazole rings is 1. The lowest BCUT2D eigenvalue weighted by atomic mass is 9.84. The topological polar surface area (TPSA) is 75.0 Å². The van der Waals surface area contributed by atoms with Crippen LogP contribution < -0.4 is 5.32 Å². The summed E-state index contributed by atoms with van der Waals surface area (Å²) < 4.78 is 5.66. The van der Waals surface area contributed by atoms with Gasteiger partial charge in [-0.2, -0.15) is 5.26 Å². The molecule has 126 valence electrons. The Bertz CT molecular complexity index is 586. The third-order valence-corrected chi connectivity index (χ3v) is 4.49. The van der Waals surface area contributed by atoms with Crippen LogP contribution in [0.5, 0.6) is 0 Å². The quantitative estimate of drug-likeness (QED) is 0.853. The number of hydrogen-bond donors (Lipinski definition) is 1. The van der Waals surface area contributed by atoms with Gasteiger partial charge in [-0.25, -0.2) is 4.98 Å². The minimum Gasteiger partial charge on any atom is -0.459 e. The number of carbonyl (C=O) groups is 1. The average Bonchev–Trinajstić information content (AvgIpc) is 3.03. The maximum absolute atomic E-state index is 12.9. The molecule has 23 heavy (non-hydrogen) atoms. The van der Waals surface area contributed by atoms with Gasteiger partial charge in [0.15, 0.2) is 0 Å². The molecular weight excluding hydrogens is 310 g/mol. The summed E-state index contributed by atoms with van der Waals surface area (Å²) in [6, 6.07) is 2.12. The molecule has 0 saturated carbocycles. The third kappa shape index (κ3) is 4.10. The third-order valence-electron chi connectivity index (χ3n) is 3.88. The molecule has 1 aliphatic heterocycles. The smallest absolute Gasteiger partial charge is 0.326 e. The summed E-state index contributed by atoms with van der Waals surface area (Å²) in [7, 11) is 0. The molecule has 1 N–H and O–H groups in total.